The van der Waals surface area contributed by atoms with Gasteiger partial charge in [-0.05, 0) is 43.2 Å². The van der Waals surface area contributed by atoms with Crippen molar-refractivity contribution in [2.45, 2.75) is 20.4 Å². The number of aryl methyl sites for hydroxylation is 2. The molecule has 19 heavy (non-hydrogen) atoms. The van der Waals surface area contributed by atoms with Gasteiger partial charge in [-0.25, -0.2) is 9.37 Å². The van der Waals surface area contributed by atoms with Gasteiger partial charge in [0.2, 0.25) is 0 Å². The zero-order valence-electron chi connectivity index (χ0n) is 10.9. The smallest absolute Gasteiger partial charge is 0.144 e. The topological polar surface area (TPSA) is 48.7 Å². The fourth-order valence-electron chi connectivity index (χ4n) is 1.89. The van der Waals surface area contributed by atoms with Crippen LogP contribution in [0.3, 0.4) is 0 Å². The summed E-state index contributed by atoms with van der Waals surface area (Å²) < 4.78 is 12.8. The van der Waals surface area contributed by atoms with Crippen LogP contribution in [0, 0.1) is 31.0 Å². The third-order valence-electron chi connectivity index (χ3n) is 2.83. The molecule has 0 fully saturated rings. The van der Waals surface area contributed by atoms with E-state index in [9.17, 15) is 4.39 Å². The highest BCUT2D eigenvalue weighted by atomic mass is 19.1. The summed E-state index contributed by atoms with van der Waals surface area (Å²) in [4.78, 5) is 4.33. The minimum atomic E-state index is -0.258. The van der Waals surface area contributed by atoms with Crippen LogP contribution in [0.2, 0.25) is 0 Å². The SMILES string of the molecule is Cc1cc(C)c(C#N)c(NCc2ccc(F)cc2)n1. The Labute approximate surface area is 111 Å². The van der Waals surface area contributed by atoms with Crippen molar-refractivity contribution in [1.82, 2.24) is 4.98 Å². The highest BCUT2D eigenvalue weighted by molar-refractivity contribution is 5.56. The van der Waals surface area contributed by atoms with Gasteiger partial charge >= 0.3 is 0 Å². The van der Waals surface area contributed by atoms with Gasteiger partial charge in [0.1, 0.15) is 17.7 Å². The van der Waals surface area contributed by atoms with Crippen LogP contribution in [0.4, 0.5) is 10.2 Å². The number of anilines is 1. The molecule has 0 saturated heterocycles. The summed E-state index contributed by atoms with van der Waals surface area (Å²) in [5.74, 6) is 0.315. The van der Waals surface area contributed by atoms with Gasteiger partial charge in [0, 0.05) is 12.2 Å². The number of aromatic nitrogens is 1. The Balaban J connectivity index is 2.20. The van der Waals surface area contributed by atoms with Gasteiger partial charge in [0.25, 0.3) is 0 Å². The Hall–Kier alpha value is -2.41. The molecule has 0 amide bonds. The van der Waals surface area contributed by atoms with Crippen LogP contribution in [-0.2, 0) is 6.54 Å². The van der Waals surface area contributed by atoms with Gasteiger partial charge in [-0.3, -0.25) is 0 Å². The maximum absolute atomic E-state index is 12.8. The zero-order valence-corrected chi connectivity index (χ0v) is 10.9. The second-order valence-corrected chi connectivity index (χ2v) is 4.40. The van der Waals surface area contributed by atoms with E-state index in [1.54, 1.807) is 12.1 Å². The van der Waals surface area contributed by atoms with Gasteiger partial charge in [-0.2, -0.15) is 5.26 Å². The molecule has 1 aromatic carbocycles. The summed E-state index contributed by atoms with van der Waals surface area (Å²) >= 11 is 0. The Kier molecular flexibility index (Phi) is 3.76. The third kappa shape index (κ3) is 3.08. The van der Waals surface area contributed by atoms with Crippen molar-refractivity contribution in [2.24, 2.45) is 0 Å². The van der Waals surface area contributed by atoms with Crippen molar-refractivity contribution in [3.8, 4) is 6.07 Å². The molecule has 2 aromatic rings. The standard InChI is InChI=1S/C15H14FN3/c1-10-7-11(2)19-15(14(10)8-17)18-9-12-3-5-13(16)6-4-12/h3-7H,9H2,1-2H3,(H,18,19). The number of benzene rings is 1. The molecule has 0 aliphatic rings. The molecule has 1 aromatic heterocycles. The van der Waals surface area contributed by atoms with Crippen molar-refractivity contribution < 1.29 is 4.39 Å². The summed E-state index contributed by atoms with van der Waals surface area (Å²) in [5.41, 5.74) is 3.24. The van der Waals surface area contributed by atoms with Crippen LogP contribution in [0.15, 0.2) is 30.3 Å². The molecule has 0 aliphatic carbocycles. The second-order valence-electron chi connectivity index (χ2n) is 4.40. The summed E-state index contributed by atoms with van der Waals surface area (Å²) in [6, 6.07) is 10.3. The second kappa shape index (κ2) is 5.49. The number of hydrogen-bond acceptors (Lipinski definition) is 3. The lowest BCUT2D eigenvalue weighted by molar-refractivity contribution is 0.627. The molecule has 0 radical (unpaired) electrons. The molecule has 2 rings (SSSR count). The van der Waals surface area contributed by atoms with E-state index in [0.717, 1.165) is 16.8 Å². The number of nitrogens with zero attached hydrogens (tertiary/aromatic N) is 2. The first kappa shape index (κ1) is 13.0. The lowest BCUT2D eigenvalue weighted by Crippen LogP contribution is -2.05. The molecular weight excluding hydrogens is 241 g/mol. The molecule has 1 N–H and O–H groups in total. The molecule has 96 valence electrons. The number of rotatable bonds is 3. The molecule has 0 atom stereocenters. The predicted molar refractivity (Wildman–Crippen MR) is 72.2 cm³/mol. The first-order valence-corrected chi connectivity index (χ1v) is 5.97. The number of pyridine rings is 1. The Morgan fingerprint density at radius 3 is 2.58 bits per heavy atom. The zero-order chi connectivity index (χ0) is 13.8. The maximum Gasteiger partial charge on any atom is 0.144 e. The molecule has 3 nitrogen and oxygen atoms in total. The van der Waals surface area contributed by atoms with Crippen LogP contribution < -0.4 is 5.32 Å². The average molecular weight is 255 g/mol. The molecule has 0 unspecified atom stereocenters. The molecule has 4 heteroatoms. The molecule has 1 heterocycles. The first-order chi connectivity index (χ1) is 9.10. The van der Waals surface area contributed by atoms with E-state index in [-0.39, 0.29) is 5.82 Å². The molecule has 0 spiro atoms. The van der Waals surface area contributed by atoms with Crippen molar-refractivity contribution >= 4 is 5.82 Å². The average Bonchev–Trinajstić information content (AvgIpc) is 2.37. The summed E-state index contributed by atoms with van der Waals surface area (Å²) in [6.45, 7) is 4.28. The summed E-state index contributed by atoms with van der Waals surface area (Å²) in [7, 11) is 0. The lowest BCUT2D eigenvalue weighted by atomic mass is 10.1. The summed E-state index contributed by atoms with van der Waals surface area (Å²) in [6.07, 6.45) is 0. The van der Waals surface area contributed by atoms with Crippen molar-refractivity contribution in [3.63, 3.8) is 0 Å². The molecule has 0 aliphatic heterocycles. The van der Waals surface area contributed by atoms with E-state index in [2.05, 4.69) is 16.4 Å². The normalized spacial score (nSPS) is 10.0. The van der Waals surface area contributed by atoms with Crippen molar-refractivity contribution in [3.05, 3.63) is 58.5 Å². The molecule has 0 bridgehead atoms. The lowest BCUT2D eigenvalue weighted by Gasteiger charge is -2.10. The summed E-state index contributed by atoms with van der Waals surface area (Å²) in [5, 5.41) is 12.3. The Morgan fingerprint density at radius 1 is 1.26 bits per heavy atom. The fraction of sp³-hybridized carbons (Fsp3) is 0.200. The first-order valence-electron chi connectivity index (χ1n) is 5.97. The van der Waals surface area contributed by atoms with E-state index < -0.39 is 0 Å². The van der Waals surface area contributed by atoms with Gasteiger partial charge < -0.3 is 5.32 Å². The quantitative estimate of drug-likeness (QED) is 0.915. The highest BCUT2D eigenvalue weighted by Gasteiger charge is 2.08. The van der Waals surface area contributed by atoms with E-state index in [1.807, 2.05) is 19.9 Å². The van der Waals surface area contributed by atoms with Crippen molar-refractivity contribution in [1.29, 1.82) is 5.26 Å². The van der Waals surface area contributed by atoms with Gasteiger partial charge in [0.15, 0.2) is 0 Å². The molecule has 0 saturated carbocycles. The number of nitrogens with one attached hydrogen (secondary N) is 1. The largest absolute Gasteiger partial charge is 0.365 e. The maximum atomic E-state index is 12.8. The van der Waals surface area contributed by atoms with E-state index in [1.165, 1.54) is 12.1 Å². The molecular formula is C15H14FN3. The minimum absolute atomic E-state index is 0.258. The number of nitriles is 1. The Morgan fingerprint density at radius 2 is 1.95 bits per heavy atom. The van der Waals surface area contributed by atoms with E-state index in [4.69, 9.17) is 5.26 Å². The van der Waals surface area contributed by atoms with Gasteiger partial charge in [0.05, 0.1) is 5.56 Å². The van der Waals surface area contributed by atoms with Crippen LogP contribution in [0.5, 0.6) is 0 Å². The highest BCUT2D eigenvalue weighted by Crippen LogP contribution is 2.18. The fourth-order valence-corrected chi connectivity index (χ4v) is 1.89. The van der Waals surface area contributed by atoms with E-state index >= 15 is 0 Å². The minimum Gasteiger partial charge on any atom is -0.365 e. The van der Waals surface area contributed by atoms with E-state index in [0.29, 0.717) is 17.9 Å². The Bertz CT molecular complexity index is 627. The predicted octanol–water partition coefficient (Wildman–Crippen LogP) is 3.32. The van der Waals surface area contributed by atoms with Crippen LogP contribution >= 0.6 is 0 Å². The van der Waals surface area contributed by atoms with Crippen molar-refractivity contribution in [2.75, 3.05) is 5.32 Å². The van der Waals surface area contributed by atoms with Gasteiger partial charge in [-0.15, -0.1) is 0 Å². The van der Waals surface area contributed by atoms with Gasteiger partial charge in [-0.1, -0.05) is 12.1 Å². The van der Waals surface area contributed by atoms with Crippen LogP contribution in [0.25, 0.3) is 0 Å². The third-order valence-corrected chi connectivity index (χ3v) is 2.83. The number of hydrogen-bond donors (Lipinski definition) is 1. The van der Waals surface area contributed by atoms with Crippen LogP contribution in [0.1, 0.15) is 22.4 Å². The monoisotopic (exact) mass is 255 g/mol. The number of halogens is 1. The van der Waals surface area contributed by atoms with Crippen LogP contribution in [-0.4, -0.2) is 4.98 Å².